The zero-order valence-electron chi connectivity index (χ0n) is 18.5. The average molecular weight is 486 g/mol. The van der Waals surface area contributed by atoms with E-state index in [0.717, 1.165) is 5.69 Å². The summed E-state index contributed by atoms with van der Waals surface area (Å²) < 4.78 is 5.10. The third-order valence-corrected chi connectivity index (χ3v) is 6.08. The predicted octanol–water partition coefficient (Wildman–Crippen LogP) is 2.78. The molecule has 1 N–H and O–H groups in total. The van der Waals surface area contributed by atoms with E-state index in [1.54, 1.807) is 13.0 Å². The zero-order valence-corrected chi connectivity index (χ0v) is 19.3. The molecule has 2 aliphatic heterocycles. The fourth-order valence-corrected chi connectivity index (χ4v) is 4.24. The number of amides is 1. The van der Waals surface area contributed by atoms with Gasteiger partial charge in [0.15, 0.2) is 5.92 Å². The molecule has 34 heavy (non-hydrogen) atoms. The Hall–Kier alpha value is -3.66. The van der Waals surface area contributed by atoms with E-state index in [0.29, 0.717) is 42.7 Å². The highest BCUT2D eigenvalue weighted by atomic mass is 35.5. The Kier molecular flexibility index (Phi) is 6.97. The molecule has 0 spiro atoms. The number of non-ortho nitro benzene ring substituents is 1. The summed E-state index contributed by atoms with van der Waals surface area (Å²) in [5.41, 5.74) is 1.31. The van der Waals surface area contributed by atoms with Gasteiger partial charge in [0.1, 0.15) is 6.04 Å². The molecule has 178 valence electrons. The Bertz CT molecular complexity index is 1110. The van der Waals surface area contributed by atoms with Crippen molar-refractivity contribution in [2.45, 2.75) is 13.0 Å². The Morgan fingerprint density at radius 1 is 1.18 bits per heavy atom. The number of rotatable bonds is 5. The zero-order chi connectivity index (χ0) is 24.2. The lowest BCUT2D eigenvalue weighted by atomic mass is 9.91. The molecule has 4 rings (SSSR count). The number of piperazine rings is 1. The van der Waals surface area contributed by atoms with E-state index in [9.17, 15) is 19.7 Å². The number of carbonyl (C=O) groups is 2. The van der Waals surface area contributed by atoms with Gasteiger partial charge in [-0.25, -0.2) is 4.99 Å². The third-order valence-electron chi connectivity index (χ3n) is 5.83. The number of esters is 1. The van der Waals surface area contributed by atoms with Crippen molar-refractivity contribution in [3.8, 4) is 0 Å². The number of nitrogens with one attached hydrogen (secondary N) is 1. The maximum atomic E-state index is 13.0. The van der Waals surface area contributed by atoms with Crippen molar-refractivity contribution in [2.75, 3.05) is 37.7 Å². The van der Waals surface area contributed by atoms with Gasteiger partial charge in [-0.2, -0.15) is 0 Å². The van der Waals surface area contributed by atoms with Gasteiger partial charge >= 0.3 is 5.97 Å². The Morgan fingerprint density at radius 3 is 2.50 bits per heavy atom. The summed E-state index contributed by atoms with van der Waals surface area (Å²) in [6.07, 6.45) is 0. The van der Waals surface area contributed by atoms with Crippen molar-refractivity contribution in [3.05, 3.63) is 69.2 Å². The molecule has 0 unspecified atom stereocenters. The maximum absolute atomic E-state index is 13.0. The maximum Gasteiger partial charge on any atom is 0.321 e. The molecule has 2 aromatic rings. The topological polar surface area (TPSA) is 117 Å². The summed E-state index contributed by atoms with van der Waals surface area (Å²) in [5.74, 6) is -2.15. The van der Waals surface area contributed by atoms with Crippen LogP contribution in [0.2, 0.25) is 5.02 Å². The highest BCUT2D eigenvalue weighted by molar-refractivity contribution is 6.30. The first-order chi connectivity index (χ1) is 16.4. The monoisotopic (exact) mass is 485 g/mol. The van der Waals surface area contributed by atoms with E-state index in [2.05, 4.69) is 15.2 Å². The molecule has 2 aromatic carbocycles. The van der Waals surface area contributed by atoms with Crippen molar-refractivity contribution < 1.29 is 19.2 Å². The summed E-state index contributed by atoms with van der Waals surface area (Å²) in [6.45, 7) is 4.32. The van der Waals surface area contributed by atoms with Crippen LogP contribution in [-0.4, -0.2) is 60.4 Å². The fourth-order valence-electron chi connectivity index (χ4n) is 4.12. The lowest BCUT2D eigenvalue weighted by molar-refractivity contribution is -0.384. The van der Waals surface area contributed by atoms with E-state index in [1.165, 1.54) is 18.2 Å². The number of aliphatic imine (C=N–C) groups is 1. The number of nitro benzene ring substituents is 1. The second-order valence-electron chi connectivity index (χ2n) is 7.92. The molecule has 1 fully saturated rings. The summed E-state index contributed by atoms with van der Waals surface area (Å²) >= 11 is 5.98. The normalized spacial score (nSPS) is 20.4. The first-order valence-electron chi connectivity index (χ1n) is 10.9. The van der Waals surface area contributed by atoms with Crippen LogP contribution in [0.15, 0.2) is 53.5 Å². The van der Waals surface area contributed by atoms with Gasteiger partial charge in [0, 0.05) is 49.0 Å². The van der Waals surface area contributed by atoms with Crippen LogP contribution < -0.4 is 10.2 Å². The predicted molar refractivity (Wildman–Crippen MR) is 127 cm³/mol. The third kappa shape index (κ3) is 4.96. The number of hydrogen-bond acceptors (Lipinski definition) is 8. The highest BCUT2D eigenvalue weighted by Crippen LogP contribution is 2.33. The van der Waals surface area contributed by atoms with Crippen molar-refractivity contribution in [1.82, 2.24) is 10.2 Å². The van der Waals surface area contributed by atoms with Crippen LogP contribution in [-0.2, 0) is 14.3 Å². The molecule has 2 aliphatic rings. The van der Waals surface area contributed by atoms with Gasteiger partial charge < -0.3 is 14.5 Å². The van der Waals surface area contributed by atoms with E-state index in [1.807, 2.05) is 29.2 Å². The lowest BCUT2D eigenvalue weighted by Crippen LogP contribution is -2.57. The average Bonchev–Trinajstić information content (AvgIpc) is 2.84. The fraction of sp³-hybridized carbons (Fsp3) is 0.348. The first kappa shape index (κ1) is 23.5. The van der Waals surface area contributed by atoms with Gasteiger partial charge in [0.25, 0.3) is 5.69 Å². The molecule has 0 bridgehead atoms. The van der Waals surface area contributed by atoms with Crippen molar-refractivity contribution in [2.24, 2.45) is 10.9 Å². The molecule has 10 nitrogen and oxygen atoms in total. The molecule has 0 aliphatic carbocycles. The van der Waals surface area contributed by atoms with Crippen LogP contribution in [0.5, 0.6) is 0 Å². The number of carbonyl (C=O) groups excluding carboxylic acids is 2. The molecule has 0 radical (unpaired) electrons. The molecular weight excluding hydrogens is 462 g/mol. The van der Waals surface area contributed by atoms with E-state index >= 15 is 0 Å². The van der Waals surface area contributed by atoms with Crippen LogP contribution >= 0.6 is 11.6 Å². The van der Waals surface area contributed by atoms with Crippen LogP contribution in [0, 0.1) is 16.0 Å². The standard InChI is InChI=1S/C23H24ClN5O5/c1-2-34-22(31)19-20(15-4-3-5-18(14-15)29(32)33)25-23(26-21(19)30)28-12-10-27(11-13-28)17-8-6-16(24)7-9-17/h3-9,14,19-20H,2,10-13H2,1H3,(H,25,26,30)/t19-,20+/m1/s1. The number of anilines is 1. The second kappa shape index (κ2) is 10.1. The largest absolute Gasteiger partial charge is 0.465 e. The molecule has 11 heteroatoms. The Labute approximate surface area is 201 Å². The summed E-state index contributed by atoms with van der Waals surface area (Å²) in [6, 6.07) is 12.5. The van der Waals surface area contributed by atoms with Crippen molar-refractivity contribution in [1.29, 1.82) is 0 Å². The van der Waals surface area contributed by atoms with Gasteiger partial charge in [-0.1, -0.05) is 23.7 Å². The minimum absolute atomic E-state index is 0.105. The molecule has 0 aromatic heterocycles. The number of nitrogens with zero attached hydrogens (tertiary/aromatic N) is 4. The molecule has 2 heterocycles. The van der Waals surface area contributed by atoms with Gasteiger partial charge in [-0.3, -0.25) is 25.0 Å². The van der Waals surface area contributed by atoms with Crippen LogP contribution in [0.25, 0.3) is 0 Å². The number of guanidine groups is 1. The van der Waals surface area contributed by atoms with Crippen molar-refractivity contribution in [3.63, 3.8) is 0 Å². The Morgan fingerprint density at radius 2 is 1.85 bits per heavy atom. The smallest absolute Gasteiger partial charge is 0.321 e. The number of nitro groups is 1. The van der Waals surface area contributed by atoms with E-state index < -0.39 is 28.8 Å². The number of halogens is 1. The first-order valence-corrected chi connectivity index (χ1v) is 11.3. The molecular formula is C23H24ClN5O5. The van der Waals surface area contributed by atoms with Gasteiger partial charge in [-0.05, 0) is 36.8 Å². The van der Waals surface area contributed by atoms with Crippen LogP contribution in [0.4, 0.5) is 11.4 Å². The number of hydrogen-bond donors (Lipinski definition) is 1. The lowest BCUT2D eigenvalue weighted by Gasteiger charge is -2.39. The van der Waals surface area contributed by atoms with Crippen LogP contribution in [0.3, 0.4) is 0 Å². The molecule has 1 amide bonds. The minimum atomic E-state index is -1.24. The Balaban J connectivity index is 1.59. The quantitative estimate of drug-likeness (QED) is 0.299. The summed E-state index contributed by atoms with van der Waals surface area (Å²) in [4.78, 5) is 45.2. The molecule has 0 saturated carbocycles. The summed E-state index contributed by atoms with van der Waals surface area (Å²) in [7, 11) is 0. The second-order valence-corrected chi connectivity index (χ2v) is 8.36. The number of ether oxygens (including phenoxy) is 1. The van der Waals surface area contributed by atoms with Gasteiger partial charge in [-0.15, -0.1) is 0 Å². The van der Waals surface area contributed by atoms with Crippen LogP contribution in [0.1, 0.15) is 18.5 Å². The molecule has 2 atom stereocenters. The van der Waals surface area contributed by atoms with E-state index in [-0.39, 0.29) is 12.3 Å². The van der Waals surface area contributed by atoms with E-state index in [4.69, 9.17) is 16.3 Å². The molecule has 1 saturated heterocycles. The number of benzene rings is 2. The SMILES string of the molecule is CCOC(=O)[C@H]1C(=O)NC(N2CCN(c3ccc(Cl)cc3)CC2)=N[C@H]1c1cccc([N+](=O)[O-])c1. The van der Waals surface area contributed by atoms with Crippen molar-refractivity contribution >= 4 is 40.8 Å². The van der Waals surface area contributed by atoms with Gasteiger partial charge in [0.05, 0.1) is 11.5 Å². The highest BCUT2D eigenvalue weighted by Gasteiger charge is 2.42. The minimum Gasteiger partial charge on any atom is -0.465 e. The summed E-state index contributed by atoms with van der Waals surface area (Å²) in [5, 5.41) is 14.7. The van der Waals surface area contributed by atoms with Gasteiger partial charge in [0.2, 0.25) is 11.9 Å².